The molecule has 2 aliphatic rings. The van der Waals surface area contributed by atoms with Crippen LogP contribution < -0.4 is 5.32 Å². The lowest BCUT2D eigenvalue weighted by atomic mass is 9.96. The lowest BCUT2D eigenvalue weighted by Gasteiger charge is -2.38. The summed E-state index contributed by atoms with van der Waals surface area (Å²) in [5.41, 5.74) is 3.24. The van der Waals surface area contributed by atoms with E-state index in [2.05, 4.69) is 30.3 Å². The van der Waals surface area contributed by atoms with Crippen molar-refractivity contribution in [1.29, 1.82) is 0 Å². The Balaban J connectivity index is 0.00000121. The molecule has 1 fully saturated rings. The molecular formula is C16H25Cl2N3O. The van der Waals surface area contributed by atoms with Crippen LogP contribution in [0.1, 0.15) is 29.3 Å². The highest BCUT2D eigenvalue weighted by molar-refractivity contribution is 5.97. The Morgan fingerprint density at radius 2 is 2.05 bits per heavy atom. The first kappa shape index (κ1) is 19.1. The standard InChI is InChI=1S/C16H23N3O.2ClH/c1-12-11-18(2)9-10-19(12)16(20)14-5-3-7-15-13(14)6-4-8-17-15;;/h3,5,7,12,17H,4,6,8-11H2,1-2H3;2*1H. The monoisotopic (exact) mass is 345 g/mol. The summed E-state index contributed by atoms with van der Waals surface area (Å²) in [4.78, 5) is 17.2. The minimum Gasteiger partial charge on any atom is -0.385 e. The number of nitrogens with zero attached hydrogens (tertiary/aromatic N) is 2. The highest BCUT2D eigenvalue weighted by Crippen LogP contribution is 2.27. The summed E-state index contributed by atoms with van der Waals surface area (Å²) in [5, 5.41) is 3.40. The number of hydrogen-bond acceptors (Lipinski definition) is 3. The molecule has 2 heterocycles. The molecule has 0 radical (unpaired) electrons. The normalized spacial score (nSPS) is 21.0. The summed E-state index contributed by atoms with van der Waals surface area (Å²) in [6.45, 7) is 5.90. The van der Waals surface area contributed by atoms with Gasteiger partial charge in [-0.1, -0.05) is 6.07 Å². The zero-order valence-corrected chi connectivity index (χ0v) is 14.8. The number of rotatable bonds is 1. The van der Waals surface area contributed by atoms with Gasteiger partial charge in [-0.3, -0.25) is 4.79 Å². The smallest absolute Gasteiger partial charge is 0.254 e. The maximum atomic E-state index is 12.9. The van der Waals surface area contributed by atoms with Gasteiger partial charge >= 0.3 is 0 Å². The molecule has 0 bridgehead atoms. The minimum absolute atomic E-state index is 0. The lowest BCUT2D eigenvalue weighted by molar-refractivity contribution is 0.0532. The second-order valence-corrected chi connectivity index (χ2v) is 5.97. The predicted octanol–water partition coefficient (Wildman–Crippen LogP) is 2.66. The average molecular weight is 346 g/mol. The Labute approximate surface area is 145 Å². The van der Waals surface area contributed by atoms with E-state index in [1.165, 1.54) is 5.56 Å². The van der Waals surface area contributed by atoms with Crippen molar-refractivity contribution in [2.24, 2.45) is 0 Å². The molecule has 1 N–H and O–H groups in total. The molecule has 0 aliphatic carbocycles. The molecule has 4 nitrogen and oxygen atoms in total. The van der Waals surface area contributed by atoms with Crippen LogP contribution in [0, 0.1) is 0 Å². The van der Waals surface area contributed by atoms with Gasteiger partial charge in [-0.2, -0.15) is 0 Å². The van der Waals surface area contributed by atoms with E-state index in [1.807, 2.05) is 17.0 Å². The van der Waals surface area contributed by atoms with Gasteiger partial charge in [-0.05, 0) is 44.5 Å². The molecule has 1 atom stereocenters. The molecule has 3 rings (SSSR count). The van der Waals surface area contributed by atoms with Crippen molar-refractivity contribution in [3.63, 3.8) is 0 Å². The van der Waals surface area contributed by atoms with E-state index in [0.717, 1.165) is 50.3 Å². The second kappa shape index (κ2) is 8.04. The van der Waals surface area contributed by atoms with E-state index in [4.69, 9.17) is 0 Å². The van der Waals surface area contributed by atoms with Crippen LogP contribution in [0.5, 0.6) is 0 Å². The van der Waals surface area contributed by atoms with E-state index >= 15 is 0 Å². The van der Waals surface area contributed by atoms with Gasteiger partial charge in [-0.25, -0.2) is 0 Å². The summed E-state index contributed by atoms with van der Waals surface area (Å²) < 4.78 is 0. The van der Waals surface area contributed by atoms with E-state index in [-0.39, 0.29) is 36.8 Å². The molecule has 124 valence electrons. The number of nitrogens with one attached hydrogen (secondary N) is 1. The maximum Gasteiger partial charge on any atom is 0.254 e. The quantitative estimate of drug-likeness (QED) is 0.849. The third-order valence-electron chi connectivity index (χ3n) is 4.42. The van der Waals surface area contributed by atoms with Crippen LogP contribution in [0.15, 0.2) is 18.2 Å². The molecule has 1 aromatic rings. The third kappa shape index (κ3) is 3.67. The average Bonchev–Trinajstić information content (AvgIpc) is 2.46. The van der Waals surface area contributed by atoms with Gasteiger partial charge in [0.1, 0.15) is 0 Å². The van der Waals surface area contributed by atoms with Crippen LogP contribution in [0.3, 0.4) is 0 Å². The van der Waals surface area contributed by atoms with Crippen molar-refractivity contribution >= 4 is 36.4 Å². The van der Waals surface area contributed by atoms with E-state index in [0.29, 0.717) is 0 Å². The van der Waals surface area contributed by atoms with Crippen LogP contribution in [-0.2, 0) is 6.42 Å². The molecule has 22 heavy (non-hydrogen) atoms. The van der Waals surface area contributed by atoms with E-state index in [1.54, 1.807) is 0 Å². The second-order valence-electron chi connectivity index (χ2n) is 5.97. The minimum atomic E-state index is 0. The van der Waals surface area contributed by atoms with Gasteiger partial charge < -0.3 is 15.1 Å². The fraction of sp³-hybridized carbons (Fsp3) is 0.562. The summed E-state index contributed by atoms with van der Waals surface area (Å²) in [6.07, 6.45) is 2.11. The first-order valence-electron chi connectivity index (χ1n) is 7.52. The van der Waals surface area contributed by atoms with Gasteiger partial charge in [-0.15, -0.1) is 24.8 Å². The molecule has 1 amide bonds. The number of piperazine rings is 1. The number of likely N-dealkylation sites (N-methyl/N-ethyl adjacent to an activating group) is 1. The van der Waals surface area contributed by atoms with Gasteiger partial charge in [0.05, 0.1) is 0 Å². The molecule has 1 saturated heterocycles. The SMILES string of the molecule is CC1CN(C)CCN1C(=O)c1cccc2c1CCCN2.Cl.Cl. The van der Waals surface area contributed by atoms with E-state index in [9.17, 15) is 4.79 Å². The van der Waals surface area contributed by atoms with Crippen molar-refractivity contribution in [2.75, 3.05) is 38.5 Å². The zero-order valence-electron chi connectivity index (χ0n) is 13.2. The molecule has 0 saturated carbocycles. The van der Waals surface area contributed by atoms with Gasteiger partial charge in [0.2, 0.25) is 0 Å². The van der Waals surface area contributed by atoms with Crippen molar-refractivity contribution in [1.82, 2.24) is 9.80 Å². The van der Waals surface area contributed by atoms with Crippen LogP contribution in [0.25, 0.3) is 0 Å². The Morgan fingerprint density at radius 1 is 1.27 bits per heavy atom. The molecule has 1 aromatic carbocycles. The highest BCUT2D eigenvalue weighted by atomic mass is 35.5. The topological polar surface area (TPSA) is 35.6 Å². The molecule has 1 unspecified atom stereocenters. The van der Waals surface area contributed by atoms with Crippen molar-refractivity contribution in [2.45, 2.75) is 25.8 Å². The van der Waals surface area contributed by atoms with Gasteiger partial charge in [0.15, 0.2) is 0 Å². The first-order valence-corrected chi connectivity index (χ1v) is 7.52. The van der Waals surface area contributed by atoms with Crippen molar-refractivity contribution in [3.05, 3.63) is 29.3 Å². The number of carbonyl (C=O) groups is 1. The first-order chi connectivity index (χ1) is 9.66. The summed E-state index contributed by atoms with van der Waals surface area (Å²) in [7, 11) is 2.12. The molecular weight excluding hydrogens is 321 g/mol. The lowest BCUT2D eigenvalue weighted by Crippen LogP contribution is -2.52. The fourth-order valence-electron chi connectivity index (χ4n) is 3.31. The number of fused-ring (bicyclic) bond motifs is 1. The van der Waals surface area contributed by atoms with Crippen LogP contribution in [0.4, 0.5) is 5.69 Å². The van der Waals surface area contributed by atoms with Gasteiger partial charge in [0.25, 0.3) is 5.91 Å². The number of carbonyl (C=O) groups excluding carboxylic acids is 1. The molecule has 2 aliphatic heterocycles. The third-order valence-corrected chi connectivity index (χ3v) is 4.42. The largest absolute Gasteiger partial charge is 0.385 e. The van der Waals surface area contributed by atoms with E-state index < -0.39 is 0 Å². The fourth-order valence-corrected chi connectivity index (χ4v) is 3.31. The number of hydrogen-bond donors (Lipinski definition) is 1. The number of amides is 1. The van der Waals surface area contributed by atoms with Crippen LogP contribution >= 0.6 is 24.8 Å². The Morgan fingerprint density at radius 3 is 2.77 bits per heavy atom. The van der Waals surface area contributed by atoms with Crippen LogP contribution in [-0.4, -0.2) is 55.0 Å². The molecule has 6 heteroatoms. The number of benzene rings is 1. The Bertz CT molecular complexity index is 524. The summed E-state index contributed by atoms with van der Waals surface area (Å²) >= 11 is 0. The Hall–Kier alpha value is -0.970. The van der Waals surface area contributed by atoms with Gasteiger partial charge in [0, 0.05) is 43.5 Å². The summed E-state index contributed by atoms with van der Waals surface area (Å²) in [6, 6.07) is 6.34. The van der Waals surface area contributed by atoms with Crippen molar-refractivity contribution < 1.29 is 4.79 Å². The highest BCUT2D eigenvalue weighted by Gasteiger charge is 2.28. The maximum absolute atomic E-state index is 12.9. The number of halogens is 2. The summed E-state index contributed by atoms with van der Waals surface area (Å²) in [5.74, 6) is 0.200. The predicted molar refractivity (Wildman–Crippen MR) is 95.7 cm³/mol. The molecule has 0 spiro atoms. The Kier molecular flexibility index (Phi) is 6.98. The molecule has 0 aromatic heterocycles. The van der Waals surface area contributed by atoms with Crippen LogP contribution in [0.2, 0.25) is 0 Å². The van der Waals surface area contributed by atoms with Crippen molar-refractivity contribution in [3.8, 4) is 0 Å². The zero-order chi connectivity index (χ0) is 14.1. The number of anilines is 1.